The Bertz CT molecular complexity index is 1180. The van der Waals surface area contributed by atoms with Crippen LogP contribution in [0.25, 0.3) is 0 Å². The van der Waals surface area contributed by atoms with Gasteiger partial charge in [-0.2, -0.15) is 13.2 Å². The van der Waals surface area contributed by atoms with E-state index in [1.807, 2.05) is 6.92 Å². The fraction of sp³-hybridized carbons (Fsp3) is 0.667. The minimum absolute atomic E-state index is 0.170. The number of carbonyl (C=O) groups excluding carboxylic acids is 2. The van der Waals surface area contributed by atoms with E-state index in [4.69, 9.17) is 12.2 Å². The molecule has 0 bridgehead atoms. The number of anilines is 1. The molecule has 1 aliphatic carbocycles. The van der Waals surface area contributed by atoms with Crippen molar-refractivity contribution in [2.45, 2.75) is 103 Å². The lowest BCUT2D eigenvalue weighted by Gasteiger charge is -2.28. The Morgan fingerprint density at radius 3 is 2.34 bits per heavy atom. The molecule has 2 amide bonds. The molecule has 41 heavy (non-hydrogen) atoms. The molecule has 2 aliphatic rings. The number of carbonyl (C=O) groups is 2. The molecule has 1 unspecified atom stereocenters. The van der Waals surface area contributed by atoms with E-state index >= 15 is 0 Å². The van der Waals surface area contributed by atoms with Crippen LogP contribution in [0, 0.1) is 5.92 Å². The minimum Gasteiger partial charge on any atom is -0.388 e. The maximum absolute atomic E-state index is 14.2. The van der Waals surface area contributed by atoms with Crippen molar-refractivity contribution < 1.29 is 36.6 Å². The van der Waals surface area contributed by atoms with Gasteiger partial charge in [0.05, 0.1) is 22.2 Å². The summed E-state index contributed by atoms with van der Waals surface area (Å²) in [6.45, 7) is 8.12. The van der Waals surface area contributed by atoms with Gasteiger partial charge in [0.1, 0.15) is 11.9 Å². The number of thiocarbonyl (C=S) groups is 1. The number of amides is 2. The molecule has 14 heteroatoms. The highest BCUT2D eigenvalue weighted by Crippen LogP contribution is 2.42. The molecule has 3 rings (SSSR count). The minimum atomic E-state index is -4.60. The Morgan fingerprint density at radius 2 is 1.85 bits per heavy atom. The zero-order valence-corrected chi connectivity index (χ0v) is 24.4. The Balaban J connectivity index is 1.98. The number of hydrogen-bond donors (Lipinski definition) is 3. The van der Waals surface area contributed by atoms with Crippen LogP contribution in [0.5, 0.6) is 0 Å². The van der Waals surface area contributed by atoms with Crippen molar-refractivity contribution in [1.29, 1.82) is 0 Å². The SMILES string of the molecule is CC(=NC(C(=O)N1CCC[C@@H]1C)C(=S)c1cnc(N[C@H](C2CC2)C(F)(F)F)cc1C(F)F)C(=O)N[C@@H](C)C(C)(C)O. The first kappa shape index (κ1) is 32.8. The molecule has 0 aromatic carbocycles. The normalized spacial score (nSPS) is 20.5. The second-order valence-corrected chi connectivity index (χ2v) is 11.8. The Morgan fingerprint density at radius 1 is 1.22 bits per heavy atom. The highest BCUT2D eigenvalue weighted by atomic mass is 32.1. The van der Waals surface area contributed by atoms with Crippen molar-refractivity contribution in [1.82, 2.24) is 15.2 Å². The zero-order valence-electron chi connectivity index (χ0n) is 23.6. The number of nitrogens with zero attached hydrogens (tertiary/aromatic N) is 3. The van der Waals surface area contributed by atoms with E-state index < -0.39 is 65.4 Å². The largest absolute Gasteiger partial charge is 0.408 e. The molecule has 1 aromatic heterocycles. The van der Waals surface area contributed by atoms with Crippen molar-refractivity contribution in [3.05, 3.63) is 23.4 Å². The van der Waals surface area contributed by atoms with Crippen molar-refractivity contribution in [2.75, 3.05) is 11.9 Å². The second-order valence-electron chi connectivity index (χ2n) is 11.3. The number of aromatic nitrogens is 1. The van der Waals surface area contributed by atoms with Gasteiger partial charge in [0.25, 0.3) is 18.2 Å². The van der Waals surface area contributed by atoms with E-state index in [0.29, 0.717) is 32.2 Å². The number of pyridine rings is 1. The lowest BCUT2D eigenvalue weighted by molar-refractivity contribution is -0.146. The van der Waals surface area contributed by atoms with Crippen LogP contribution < -0.4 is 10.6 Å². The Kier molecular flexibility index (Phi) is 10.1. The van der Waals surface area contributed by atoms with Crippen LogP contribution in [0.3, 0.4) is 0 Å². The van der Waals surface area contributed by atoms with Gasteiger partial charge >= 0.3 is 6.18 Å². The maximum Gasteiger partial charge on any atom is 0.408 e. The van der Waals surface area contributed by atoms with Crippen LogP contribution in [0.1, 0.15) is 77.9 Å². The molecule has 3 N–H and O–H groups in total. The number of likely N-dealkylation sites (tertiary alicyclic amines) is 1. The molecule has 1 aliphatic heterocycles. The molecule has 2 fully saturated rings. The summed E-state index contributed by atoms with van der Waals surface area (Å²) >= 11 is 5.49. The van der Waals surface area contributed by atoms with Crippen LogP contribution in [0.2, 0.25) is 0 Å². The third-order valence-electron chi connectivity index (χ3n) is 7.56. The molecule has 4 atom stereocenters. The van der Waals surface area contributed by atoms with Crippen LogP contribution >= 0.6 is 12.2 Å². The van der Waals surface area contributed by atoms with Crippen molar-refractivity contribution in [2.24, 2.45) is 10.9 Å². The number of hydrogen-bond acceptors (Lipinski definition) is 7. The van der Waals surface area contributed by atoms with E-state index in [1.54, 1.807) is 6.92 Å². The molecule has 0 spiro atoms. The smallest absolute Gasteiger partial charge is 0.388 e. The van der Waals surface area contributed by atoms with Gasteiger partial charge in [-0.15, -0.1) is 0 Å². The molecule has 1 saturated carbocycles. The van der Waals surface area contributed by atoms with Gasteiger partial charge in [-0.1, -0.05) is 12.2 Å². The average Bonchev–Trinajstić information content (AvgIpc) is 3.62. The highest BCUT2D eigenvalue weighted by Gasteiger charge is 2.49. The summed E-state index contributed by atoms with van der Waals surface area (Å²) in [5.41, 5.74) is -2.45. The first-order valence-electron chi connectivity index (χ1n) is 13.5. The second kappa shape index (κ2) is 12.6. The fourth-order valence-corrected chi connectivity index (χ4v) is 4.84. The number of alkyl halides is 5. The van der Waals surface area contributed by atoms with Gasteiger partial charge in [-0.3, -0.25) is 14.6 Å². The van der Waals surface area contributed by atoms with Crippen LogP contribution in [-0.4, -0.2) is 79.9 Å². The van der Waals surface area contributed by atoms with Crippen molar-refractivity contribution in [3.8, 4) is 0 Å². The van der Waals surface area contributed by atoms with Gasteiger partial charge in [-0.05, 0) is 72.3 Å². The fourth-order valence-electron chi connectivity index (χ4n) is 4.51. The molecule has 2 heterocycles. The summed E-state index contributed by atoms with van der Waals surface area (Å²) in [7, 11) is 0. The lowest BCUT2D eigenvalue weighted by Crippen LogP contribution is -2.49. The van der Waals surface area contributed by atoms with E-state index in [-0.39, 0.29) is 22.2 Å². The summed E-state index contributed by atoms with van der Waals surface area (Å²) in [6, 6.07) is -3.52. The average molecular weight is 606 g/mol. The number of aliphatic hydroxyl groups is 1. The predicted octanol–water partition coefficient (Wildman–Crippen LogP) is 4.61. The standard InChI is InChI=1S/C27H36F5N5O3S/c1-13-7-6-10-37(13)25(39)20(34-14(2)24(38)35-15(3)26(4,5)40)21(41)18-12-33-19(11-17(18)23(28)29)36-22(16-8-9-16)27(30,31)32/h11-13,15-16,20,22-23,40H,6-10H2,1-5H3,(H,33,36)(H,35,38)/t13-,15-,20?,22+/m0/s1. The Hall–Kier alpha value is -2.74. The molecule has 8 nitrogen and oxygen atoms in total. The quantitative estimate of drug-likeness (QED) is 0.147. The van der Waals surface area contributed by atoms with Crippen LogP contribution in [0.4, 0.5) is 27.8 Å². The number of halogens is 5. The van der Waals surface area contributed by atoms with Gasteiger partial charge in [0.2, 0.25) is 0 Å². The van der Waals surface area contributed by atoms with Gasteiger partial charge in [0, 0.05) is 29.9 Å². The third-order valence-corrected chi connectivity index (χ3v) is 8.01. The van der Waals surface area contributed by atoms with E-state index in [1.165, 1.54) is 25.7 Å². The Labute approximate surface area is 241 Å². The lowest BCUT2D eigenvalue weighted by atomic mass is 10.00. The van der Waals surface area contributed by atoms with Crippen LogP contribution in [0.15, 0.2) is 17.3 Å². The molecule has 0 radical (unpaired) electrons. The number of aliphatic imine (C=N–C) groups is 1. The highest BCUT2D eigenvalue weighted by molar-refractivity contribution is 7.81. The van der Waals surface area contributed by atoms with Crippen molar-refractivity contribution >= 4 is 40.4 Å². The van der Waals surface area contributed by atoms with Gasteiger partial charge < -0.3 is 20.6 Å². The topological polar surface area (TPSA) is 107 Å². The first-order chi connectivity index (χ1) is 18.9. The first-order valence-corrected chi connectivity index (χ1v) is 13.9. The van der Waals surface area contributed by atoms with E-state index in [9.17, 15) is 36.6 Å². The summed E-state index contributed by atoms with van der Waals surface area (Å²) < 4.78 is 69.0. The van der Waals surface area contributed by atoms with Crippen LogP contribution in [-0.2, 0) is 9.59 Å². The summed E-state index contributed by atoms with van der Waals surface area (Å²) in [4.78, 5) is 35.8. The monoisotopic (exact) mass is 605 g/mol. The summed E-state index contributed by atoms with van der Waals surface area (Å²) in [5.74, 6) is -2.34. The van der Waals surface area contributed by atoms with E-state index in [2.05, 4.69) is 20.6 Å². The molecule has 228 valence electrons. The van der Waals surface area contributed by atoms with Gasteiger partial charge in [-0.25, -0.2) is 13.8 Å². The molecule has 1 saturated heterocycles. The molecular formula is C27H36F5N5O3S. The third kappa shape index (κ3) is 8.18. The summed E-state index contributed by atoms with van der Waals surface area (Å²) in [5, 5.41) is 15.0. The number of nitrogens with one attached hydrogen (secondary N) is 2. The zero-order chi connectivity index (χ0) is 30.9. The maximum atomic E-state index is 14.2. The molecular weight excluding hydrogens is 569 g/mol. The van der Waals surface area contributed by atoms with Gasteiger partial charge in [0.15, 0.2) is 6.04 Å². The molecule has 1 aromatic rings. The predicted molar refractivity (Wildman–Crippen MR) is 148 cm³/mol. The summed E-state index contributed by atoms with van der Waals surface area (Å²) in [6.07, 6.45) is -4.69. The van der Waals surface area contributed by atoms with Crippen molar-refractivity contribution in [3.63, 3.8) is 0 Å². The number of rotatable bonds is 11. The van der Waals surface area contributed by atoms with E-state index in [0.717, 1.165) is 12.3 Å².